The van der Waals surface area contributed by atoms with Gasteiger partial charge in [-0.1, -0.05) is 26.0 Å². The van der Waals surface area contributed by atoms with Crippen molar-refractivity contribution in [3.8, 4) is 11.3 Å². The van der Waals surface area contributed by atoms with Crippen LogP contribution in [-0.2, 0) is 13.5 Å². The molecular weight excluding hydrogens is 332 g/mol. The lowest BCUT2D eigenvalue weighted by Gasteiger charge is -2.07. The Bertz CT molecular complexity index is 1210. The maximum Gasteiger partial charge on any atom is 0.212 e. The highest BCUT2D eigenvalue weighted by Gasteiger charge is 2.19. The largest absolute Gasteiger partial charge is 0.457 e. The fraction of sp³-hybridized carbons (Fsp3) is 0.250. The number of pyridine rings is 1. The molecule has 2 aromatic carbocycles. The number of hydrogen-bond donors (Lipinski definition) is 0. The van der Waals surface area contributed by atoms with Crippen molar-refractivity contribution in [2.45, 2.75) is 27.2 Å². The fourth-order valence-corrected chi connectivity index (χ4v) is 3.83. The van der Waals surface area contributed by atoms with Crippen molar-refractivity contribution >= 4 is 27.6 Å². The van der Waals surface area contributed by atoms with E-state index in [1.165, 1.54) is 11.1 Å². The topological polar surface area (TPSA) is 21.4 Å². The van der Waals surface area contributed by atoms with E-state index in [1.807, 2.05) is 18.2 Å². The summed E-state index contributed by atoms with van der Waals surface area (Å²) in [4.78, 5) is 3.72. The minimum atomic E-state index is 0.463. The Hall–Kier alpha value is -3.12. The number of fused-ring (bicyclic) bond motifs is 3. The Kier molecular flexibility index (Phi) is 4.20. The van der Waals surface area contributed by atoms with Gasteiger partial charge in [0.25, 0.3) is 0 Å². The van der Waals surface area contributed by atoms with Gasteiger partial charge in [-0.25, -0.2) is 9.41 Å². The van der Waals surface area contributed by atoms with E-state index in [9.17, 15) is 0 Å². The van der Waals surface area contributed by atoms with Gasteiger partial charge in [0.1, 0.15) is 18.2 Å². The molecule has 134 valence electrons. The van der Waals surface area contributed by atoms with Crippen LogP contribution in [-0.4, -0.2) is 0 Å². The molecule has 2 heterocycles. The first-order chi connectivity index (χ1) is 13.0. The smallest absolute Gasteiger partial charge is 0.212 e. The number of nitrogens with zero attached hydrogens (tertiary/aromatic N) is 2. The van der Waals surface area contributed by atoms with Crippen molar-refractivity contribution in [2.24, 2.45) is 13.0 Å². The zero-order chi connectivity index (χ0) is 19.1. The van der Waals surface area contributed by atoms with Crippen LogP contribution in [0.25, 0.3) is 38.0 Å². The number of aromatic nitrogens is 1. The second-order valence-electron chi connectivity index (χ2n) is 7.61. The molecule has 0 aliphatic heterocycles. The number of aryl methyl sites for hydroxylation is 2. The third-order valence-electron chi connectivity index (χ3n) is 5.13. The van der Waals surface area contributed by atoms with E-state index in [0.29, 0.717) is 11.6 Å². The second kappa shape index (κ2) is 6.55. The van der Waals surface area contributed by atoms with Gasteiger partial charge in [-0.15, -0.1) is 0 Å². The number of benzene rings is 2. The van der Waals surface area contributed by atoms with Crippen molar-refractivity contribution in [1.82, 2.24) is 0 Å². The summed E-state index contributed by atoms with van der Waals surface area (Å²) < 4.78 is 8.45. The minimum Gasteiger partial charge on any atom is -0.457 e. The van der Waals surface area contributed by atoms with Gasteiger partial charge in [0.15, 0.2) is 11.9 Å². The van der Waals surface area contributed by atoms with E-state index < -0.39 is 0 Å². The summed E-state index contributed by atoms with van der Waals surface area (Å²) >= 11 is 0. The second-order valence-corrected chi connectivity index (χ2v) is 7.61. The quantitative estimate of drug-likeness (QED) is 0.320. The molecule has 0 aliphatic rings. The summed E-state index contributed by atoms with van der Waals surface area (Å²) in [5.41, 5.74) is 7.00. The molecule has 4 aromatic rings. The first kappa shape index (κ1) is 17.3. The van der Waals surface area contributed by atoms with Crippen LogP contribution in [0.2, 0.25) is 0 Å². The molecule has 27 heavy (non-hydrogen) atoms. The predicted octanol–water partition coefficient (Wildman–Crippen LogP) is 6.14. The van der Waals surface area contributed by atoms with Crippen LogP contribution >= 0.6 is 0 Å². The molecule has 0 radical (unpaired) electrons. The molecular formula is C24H23N2O+. The van der Waals surface area contributed by atoms with Gasteiger partial charge in [0.2, 0.25) is 5.69 Å². The summed E-state index contributed by atoms with van der Waals surface area (Å²) in [6, 6.07) is 14.5. The van der Waals surface area contributed by atoms with E-state index in [1.54, 1.807) is 0 Å². The average Bonchev–Trinajstić information content (AvgIpc) is 2.99. The van der Waals surface area contributed by atoms with Crippen molar-refractivity contribution in [2.75, 3.05) is 0 Å². The van der Waals surface area contributed by atoms with Crippen LogP contribution in [0.4, 0.5) is 5.69 Å². The lowest BCUT2D eigenvalue weighted by Crippen LogP contribution is -2.30. The molecule has 4 rings (SSSR count). The number of hydrogen-bond acceptors (Lipinski definition) is 1. The van der Waals surface area contributed by atoms with Crippen molar-refractivity contribution in [3.05, 3.63) is 71.2 Å². The Balaban J connectivity index is 2.02. The zero-order valence-corrected chi connectivity index (χ0v) is 16.2. The van der Waals surface area contributed by atoms with Crippen LogP contribution in [0, 0.1) is 19.4 Å². The van der Waals surface area contributed by atoms with Crippen molar-refractivity contribution in [1.29, 1.82) is 0 Å². The first-order valence-electron chi connectivity index (χ1n) is 9.31. The van der Waals surface area contributed by atoms with Gasteiger partial charge in [-0.3, -0.25) is 0 Å². The summed E-state index contributed by atoms with van der Waals surface area (Å²) in [7, 11) is 2.06. The molecule has 0 saturated heterocycles. The molecule has 3 heteroatoms. The fourth-order valence-electron chi connectivity index (χ4n) is 3.83. The molecule has 0 aliphatic carbocycles. The molecule has 0 atom stereocenters. The third-order valence-corrected chi connectivity index (χ3v) is 5.13. The predicted molar refractivity (Wildman–Crippen MR) is 110 cm³/mol. The van der Waals surface area contributed by atoms with Gasteiger partial charge >= 0.3 is 0 Å². The van der Waals surface area contributed by atoms with Crippen LogP contribution in [0.1, 0.15) is 25.0 Å². The molecule has 3 nitrogen and oxygen atoms in total. The number of rotatable bonds is 3. The highest BCUT2D eigenvalue weighted by atomic mass is 16.3. The highest BCUT2D eigenvalue weighted by Crippen LogP contribution is 2.39. The summed E-state index contributed by atoms with van der Waals surface area (Å²) in [6.45, 7) is 14.0. The number of furan rings is 1. The Labute approximate surface area is 159 Å². The van der Waals surface area contributed by atoms with Crippen LogP contribution in [0.15, 0.2) is 53.1 Å². The zero-order valence-electron chi connectivity index (χ0n) is 16.2. The van der Waals surface area contributed by atoms with Gasteiger partial charge < -0.3 is 4.42 Å². The Morgan fingerprint density at radius 1 is 1.11 bits per heavy atom. The minimum absolute atomic E-state index is 0.463. The van der Waals surface area contributed by atoms with Crippen LogP contribution in [0.3, 0.4) is 0 Å². The third kappa shape index (κ3) is 2.88. The van der Waals surface area contributed by atoms with Gasteiger partial charge in [0.05, 0.1) is 12.1 Å². The first-order valence-corrected chi connectivity index (χ1v) is 9.31. The van der Waals surface area contributed by atoms with E-state index in [4.69, 9.17) is 11.0 Å². The van der Waals surface area contributed by atoms with Gasteiger partial charge in [-0.2, -0.15) is 0 Å². The van der Waals surface area contributed by atoms with Crippen LogP contribution < -0.4 is 4.57 Å². The standard InChI is InChI=1S/C24H23N2O/c1-15(2)12-20-21(25-4)10-9-17-19-13-16(3)18(14-23(19)27-24(17)20)22-8-6-7-11-26(22)5/h6-11,13-15H,12H2,1-3,5H3/q+1. The van der Waals surface area contributed by atoms with Crippen molar-refractivity contribution in [3.63, 3.8) is 0 Å². The molecule has 0 saturated carbocycles. The molecule has 0 spiro atoms. The molecule has 0 bridgehead atoms. The normalized spacial score (nSPS) is 11.4. The maximum absolute atomic E-state index is 7.52. The van der Waals surface area contributed by atoms with Crippen LogP contribution in [0.5, 0.6) is 0 Å². The summed E-state index contributed by atoms with van der Waals surface area (Å²) in [6.07, 6.45) is 2.90. The molecule has 0 fully saturated rings. The molecule has 0 amide bonds. The summed E-state index contributed by atoms with van der Waals surface area (Å²) in [5.74, 6) is 0.463. The van der Waals surface area contributed by atoms with Gasteiger partial charge in [0, 0.05) is 28.5 Å². The highest BCUT2D eigenvalue weighted by molar-refractivity contribution is 6.08. The SMILES string of the molecule is [C-]#[N+]c1ccc2c(oc3cc(-c4cccc[n+]4C)c(C)cc32)c1CC(C)C. The van der Waals surface area contributed by atoms with E-state index >= 15 is 0 Å². The van der Waals surface area contributed by atoms with E-state index in [-0.39, 0.29) is 0 Å². The van der Waals surface area contributed by atoms with Crippen molar-refractivity contribution < 1.29 is 8.98 Å². The average molecular weight is 355 g/mol. The lowest BCUT2D eigenvalue weighted by molar-refractivity contribution is -0.660. The van der Waals surface area contributed by atoms with E-state index in [2.05, 4.69) is 67.7 Å². The summed E-state index contributed by atoms with van der Waals surface area (Å²) in [5, 5.41) is 2.21. The molecule has 2 aromatic heterocycles. The Morgan fingerprint density at radius 2 is 1.93 bits per heavy atom. The lowest BCUT2D eigenvalue weighted by atomic mass is 9.97. The monoisotopic (exact) mass is 355 g/mol. The van der Waals surface area contributed by atoms with E-state index in [0.717, 1.165) is 39.6 Å². The Morgan fingerprint density at radius 3 is 2.63 bits per heavy atom. The van der Waals surface area contributed by atoms with Gasteiger partial charge in [-0.05, 0) is 43.0 Å². The molecule has 0 unspecified atom stereocenters. The maximum atomic E-state index is 7.52. The molecule has 0 N–H and O–H groups in total.